The number of hydrogen-bond acceptors (Lipinski definition) is 3. The zero-order chi connectivity index (χ0) is 10.7. The summed E-state index contributed by atoms with van der Waals surface area (Å²) in [7, 11) is 2.12. The molecule has 0 aliphatic carbocycles. The van der Waals surface area contributed by atoms with Crippen LogP contribution in [0.4, 0.5) is 0 Å². The molecule has 0 radical (unpaired) electrons. The Kier molecular flexibility index (Phi) is 3.89. The molecule has 1 aliphatic heterocycles. The second-order valence-corrected chi connectivity index (χ2v) is 4.38. The Morgan fingerprint density at radius 1 is 1.57 bits per heavy atom. The number of carbonyl (C=O) groups is 1. The Balaban J connectivity index is 2.40. The highest BCUT2D eigenvalue weighted by molar-refractivity contribution is 5.69. The first-order chi connectivity index (χ1) is 6.50. The smallest absolute Gasteiger partial charge is 0.317 e. The van der Waals surface area contributed by atoms with Crippen LogP contribution in [0.1, 0.15) is 20.3 Å². The van der Waals surface area contributed by atoms with Gasteiger partial charge in [-0.05, 0) is 26.3 Å². The molecule has 1 saturated heterocycles. The third-order valence-electron chi connectivity index (χ3n) is 3.13. The van der Waals surface area contributed by atoms with Crippen molar-refractivity contribution in [3.8, 4) is 0 Å². The number of nitrogens with one attached hydrogen (secondary N) is 1. The molecule has 0 aromatic rings. The predicted octanol–water partition coefficient (Wildman–Crippen LogP) is 0.389. The van der Waals surface area contributed by atoms with Crippen molar-refractivity contribution in [2.24, 2.45) is 5.92 Å². The van der Waals surface area contributed by atoms with Crippen LogP contribution in [-0.2, 0) is 4.79 Å². The minimum Gasteiger partial charge on any atom is -0.480 e. The lowest BCUT2D eigenvalue weighted by atomic mass is 9.90. The molecule has 82 valence electrons. The molecule has 0 bridgehead atoms. The fourth-order valence-corrected chi connectivity index (χ4v) is 2.04. The second-order valence-electron chi connectivity index (χ2n) is 4.38. The Morgan fingerprint density at radius 2 is 2.21 bits per heavy atom. The van der Waals surface area contributed by atoms with Crippen molar-refractivity contribution >= 4 is 5.97 Å². The lowest BCUT2D eigenvalue weighted by molar-refractivity contribution is -0.136. The average Bonchev–Trinajstić information content (AvgIpc) is 2.09. The van der Waals surface area contributed by atoms with E-state index in [4.69, 9.17) is 5.11 Å². The molecule has 0 saturated carbocycles. The van der Waals surface area contributed by atoms with E-state index >= 15 is 0 Å². The van der Waals surface area contributed by atoms with Gasteiger partial charge < -0.3 is 15.3 Å². The van der Waals surface area contributed by atoms with Crippen molar-refractivity contribution in [1.82, 2.24) is 10.2 Å². The Bertz CT molecular complexity index is 208. The molecule has 4 heteroatoms. The van der Waals surface area contributed by atoms with Gasteiger partial charge in [0.25, 0.3) is 0 Å². The number of hydrogen-bond donors (Lipinski definition) is 2. The zero-order valence-corrected chi connectivity index (χ0v) is 9.16. The summed E-state index contributed by atoms with van der Waals surface area (Å²) >= 11 is 0. The van der Waals surface area contributed by atoms with Gasteiger partial charge in [0.15, 0.2) is 0 Å². The van der Waals surface area contributed by atoms with Crippen LogP contribution < -0.4 is 5.32 Å². The molecular weight excluding hydrogens is 180 g/mol. The Morgan fingerprint density at radius 3 is 2.79 bits per heavy atom. The molecule has 1 rings (SSSR count). The molecule has 1 aliphatic rings. The van der Waals surface area contributed by atoms with E-state index < -0.39 is 5.97 Å². The number of carboxylic acid groups (broad SMARTS) is 1. The standard InChI is InChI=1S/C10H20N2O2/c1-7-6-12(3)8(2)4-9(7)11-5-10(13)14/h7-9,11H,4-6H2,1-3H3,(H,13,14). The van der Waals surface area contributed by atoms with Crippen LogP contribution >= 0.6 is 0 Å². The van der Waals surface area contributed by atoms with Gasteiger partial charge in [-0.1, -0.05) is 6.92 Å². The van der Waals surface area contributed by atoms with Crippen LogP contribution in [0.15, 0.2) is 0 Å². The highest BCUT2D eigenvalue weighted by atomic mass is 16.4. The van der Waals surface area contributed by atoms with Crippen molar-refractivity contribution in [3.63, 3.8) is 0 Å². The Labute approximate surface area is 85.3 Å². The highest BCUT2D eigenvalue weighted by Crippen LogP contribution is 2.20. The van der Waals surface area contributed by atoms with E-state index in [2.05, 4.69) is 31.1 Å². The largest absolute Gasteiger partial charge is 0.480 e. The number of piperidine rings is 1. The van der Waals surface area contributed by atoms with E-state index in [1.165, 1.54) is 0 Å². The van der Waals surface area contributed by atoms with Crippen molar-refractivity contribution < 1.29 is 9.90 Å². The van der Waals surface area contributed by atoms with Crippen molar-refractivity contribution in [3.05, 3.63) is 0 Å². The topological polar surface area (TPSA) is 52.6 Å². The number of rotatable bonds is 3. The van der Waals surface area contributed by atoms with Crippen LogP contribution in [-0.4, -0.2) is 48.2 Å². The van der Waals surface area contributed by atoms with E-state index in [1.807, 2.05) is 0 Å². The molecular formula is C10H20N2O2. The van der Waals surface area contributed by atoms with Crippen LogP contribution in [0.3, 0.4) is 0 Å². The van der Waals surface area contributed by atoms with E-state index in [-0.39, 0.29) is 6.54 Å². The van der Waals surface area contributed by atoms with Crippen molar-refractivity contribution in [2.75, 3.05) is 20.1 Å². The van der Waals surface area contributed by atoms with Gasteiger partial charge in [0, 0.05) is 18.6 Å². The summed E-state index contributed by atoms with van der Waals surface area (Å²) in [6.07, 6.45) is 1.03. The quantitative estimate of drug-likeness (QED) is 0.692. The van der Waals surface area contributed by atoms with Gasteiger partial charge in [-0.15, -0.1) is 0 Å². The molecule has 1 heterocycles. The summed E-state index contributed by atoms with van der Waals surface area (Å²) in [5.41, 5.74) is 0. The molecule has 0 amide bonds. The second kappa shape index (κ2) is 4.75. The zero-order valence-electron chi connectivity index (χ0n) is 9.16. The van der Waals surface area contributed by atoms with E-state index in [0.29, 0.717) is 18.0 Å². The molecule has 3 atom stereocenters. The van der Waals surface area contributed by atoms with Crippen molar-refractivity contribution in [1.29, 1.82) is 0 Å². The lowest BCUT2D eigenvalue weighted by Crippen LogP contribution is -2.51. The van der Waals surface area contributed by atoms with Gasteiger partial charge >= 0.3 is 5.97 Å². The van der Waals surface area contributed by atoms with Crippen molar-refractivity contribution in [2.45, 2.75) is 32.4 Å². The van der Waals surface area contributed by atoms with Crippen LogP contribution in [0, 0.1) is 5.92 Å². The number of likely N-dealkylation sites (tertiary alicyclic amines) is 1. The molecule has 14 heavy (non-hydrogen) atoms. The summed E-state index contributed by atoms with van der Waals surface area (Å²) in [5, 5.41) is 11.7. The van der Waals surface area contributed by atoms with E-state index in [9.17, 15) is 4.79 Å². The van der Waals surface area contributed by atoms with Gasteiger partial charge in [0.05, 0.1) is 6.54 Å². The molecule has 2 N–H and O–H groups in total. The third kappa shape index (κ3) is 2.96. The average molecular weight is 200 g/mol. The maximum absolute atomic E-state index is 10.4. The summed E-state index contributed by atoms with van der Waals surface area (Å²) in [6.45, 7) is 5.47. The minimum atomic E-state index is -0.774. The summed E-state index contributed by atoms with van der Waals surface area (Å²) in [5.74, 6) is -0.251. The summed E-state index contributed by atoms with van der Waals surface area (Å²) in [4.78, 5) is 12.7. The van der Waals surface area contributed by atoms with Gasteiger partial charge in [-0.3, -0.25) is 4.79 Å². The Hall–Kier alpha value is -0.610. The monoisotopic (exact) mass is 200 g/mol. The van der Waals surface area contributed by atoms with Gasteiger partial charge in [0.1, 0.15) is 0 Å². The molecule has 4 nitrogen and oxygen atoms in total. The normalized spacial score (nSPS) is 34.4. The van der Waals surface area contributed by atoms with Crippen LogP contribution in [0.2, 0.25) is 0 Å². The molecule has 3 unspecified atom stereocenters. The van der Waals surface area contributed by atoms with E-state index in [0.717, 1.165) is 13.0 Å². The van der Waals surface area contributed by atoms with Crippen LogP contribution in [0.25, 0.3) is 0 Å². The fourth-order valence-electron chi connectivity index (χ4n) is 2.04. The SMILES string of the molecule is CC1CN(C)C(C)CC1NCC(=O)O. The summed E-state index contributed by atoms with van der Waals surface area (Å²) in [6, 6.07) is 0.884. The predicted molar refractivity (Wildman–Crippen MR) is 55.3 cm³/mol. The molecule has 1 fully saturated rings. The maximum Gasteiger partial charge on any atom is 0.317 e. The van der Waals surface area contributed by atoms with Gasteiger partial charge in [0.2, 0.25) is 0 Å². The maximum atomic E-state index is 10.4. The molecule has 0 aromatic heterocycles. The first-order valence-electron chi connectivity index (χ1n) is 5.16. The lowest BCUT2D eigenvalue weighted by Gasteiger charge is -2.39. The molecule has 0 spiro atoms. The minimum absolute atomic E-state index is 0.0748. The summed E-state index contributed by atoms with van der Waals surface area (Å²) < 4.78 is 0. The van der Waals surface area contributed by atoms with Gasteiger partial charge in [-0.2, -0.15) is 0 Å². The molecule has 0 aromatic carbocycles. The third-order valence-corrected chi connectivity index (χ3v) is 3.13. The van der Waals surface area contributed by atoms with Gasteiger partial charge in [-0.25, -0.2) is 0 Å². The first kappa shape index (κ1) is 11.5. The number of carboxylic acids is 1. The fraction of sp³-hybridized carbons (Fsp3) is 0.900. The number of aliphatic carboxylic acids is 1. The van der Waals surface area contributed by atoms with E-state index in [1.54, 1.807) is 0 Å². The first-order valence-corrected chi connectivity index (χ1v) is 5.16. The van der Waals surface area contributed by atoms with Crippen LogP contribution in [0.5, 0.6) is 0 Å². The highest BCUT2D eigenvalue weighted by Gasteiger charge is 2.28. The number of nitrogens with zero attached hydrogens (tertiary/aromatic N) is 1.